The van der Waals surface area contributed by atoms with Crippen molar-refractivity contribution in [1.82, 2.24) is 10.2 Å². The molecule has 0 aliphatic carbocycles. The molecule has 0 aromatic carbocycles. The van der Waals surface area contributed by atoms with Crippen LogP contribution in [0.1, 0.15) is 13.3 Å². The monoisotopic (exact) mass is 447 g/mol. The minimum absolute atomic E-state index is 0.0446. The zero-order chi connectivity index (χ0) is 21.0. The summed E-state index contributed by atoms with van der Waals surface area (Å²) in [7, 11) is 0. The van der Waals surface area contributed by atoms with Crippen LogP contribution in [-0.2, 0) is 28.7 Å². The third-order valence-electron chi connectivity index (χ3n) is 3.75. The lowest BCUT2D eigenvalue weighted by molar-refractivity contribution is -0.151. The van der Waals surface area contributed by atoms with Gasteiger partial charge in [-0.1, -0.05) is 24.0 Å². The Morgan fingerprint density at radius 3 is 2.68 bits per heavy atom. The number of carboxylic acids is 1. The number of ether oxygens (including phenoxy) is 1. The summed E-state index contributed by atoms with van der Waals surface area (Å²) in [6, 6.07) is -0.932. The topological polar surface area (TPSA) is 156 Å². The third-order valence-corrected chi connectivity index (χ3v) is 6.19. The van der Waals surface area contributed by atoms with E-state index in [9.17, 15) is 29.1 Å². The summed E-state index contributed by atoms with van der Waals surface area (Å²) < 4.78 is 4.93. The van der Waals surface area contributed by atoms with Crippen LogP contribution in [-0.4, -0.2) is 73.4 Å². The van der Waals surface area contributed by atoms with E-state index in [1.54, 1.807) is 0 Å². The molecule has 13 heteroatoms. The van der Waals surface area contributed by atoms with Gasteiger partial charge in [0, 0.05) is 18.2 Å². The molecule has 2 aliphatic rings. The van der Waals surface area contributed by atoms with Gasteiger partial charge in [0.2, 0.25) is 5.91 Å². The number of carbonyl (C=O) groups excluding carboxylic acids is 4. The molecule has 1 fully saturated rings. The van der Waals surface area contributed by atoms with Crippen LogP contribution < -0.4 is 11.1 Å². The summed E-state index contributed by atoms with van der Waals surface area (Å²) >= 11 is 6.81. The van der Waals surface area contributed by atoms with Gasteiger partial charge in [0.05, 0.1) is 12.2 Å². The fraction of sp³-hybridized carbons (Fsp3) is 0.467. The predicted molar refractivity (Wildman–Crippen MR) is 105 cm³/mol. The minimum Gasteiger partial charge on any atom is -0.477 e. The van der Waals surface area contributed by atoms with Crippen LogP contribution in [0, 0.1) is 0 Å². The molecule has 2 atom stereocenters. The van der Waals surface area contributed by atoms with Crippen LogP contribution in [0.15, 0.2) is 11.3 Å². The van der Waals surface area contributed by atoms with Crippen molar-refractivity contribution < 1.29 is 33.8 Å². The molecule has 0 saturated carbocycles. The number of amides is 2. The SMILES string of the molecule is CC(=O)OCC1=C(C(=O)O)N2C(=O)C(NC(=O)CC(=O)CSC(N)=S)[C@@H]2SC1. The highest BCUT2D eigenvalue weighted by Crippen LogP contribution is 2.40. The van der Waals surface area contributed by atoms with Crippen LogP contribution in [0.25, 0.3) is 0 Å². The first kappa shape index (κ1) is 22.2. The van der Waals surface area contributed by atoms with E-state index in [2.05, 4.69) is 17.5 Å². The van der Waals surface area contributed by atoms with Crippen molar-refractivity contribution in [3.8, 4) is 0 Å². The Balaban J connectivity index is 2.00. The van der Waals surface area contributed by atoms with Crippen LogP contribution in [0.5, 0.6) is 0 Å². The molecule has 0 aromatic heterocycles. The number of ketones is 1. The summed E-state index contributed by atoms with van der Waals surface area (Å²) in [4.78, 5) is 59.7. The fourth-order valence-electron chi connectivity index (χ4n) is 2.59. The Bertz CT molecular complexity index is 783. The van der Waals surface area contributed by atoms with Gasteiger partial charge in [-0.3, -0.25) is 24.1 Å². The number of β-lactam (4-membered cyclic amide) rings is 1. The first-order chi connectivity index (χ1) is 13.1. The molecule has 10 nitrogen and oxygen atoms in total. The van der Waals surface area contributed by atoms with Gasteiger partial charge >= 0.3 is 11.9 Å². The van der Waals surface area contributed by atoms with Crippen molar-refractivity contribution in [3.05, 3.63) is 11.3 Å². The highest BCUT2D eigenvalue weighted by molar-refractivity contribution is 8.23. The Hall–Kier alpha value is -2.12. The van der Waals surface area contributed by atoms with E-state index in [-0.39, 0.29) is 28.1 Å². The van der Waals surface area contributed by atoms with E-state index in [4.69, 9.17) is 10.5 Å². The van der Waals surface area contributed by atoms with Crippen LogP contribution in [0.2, 0.25) is 0 Å². The van der Waals surface area contributed by atoms with E-state index < -0.39 is 47.4 Å². The lowest BCUT2D eigenvalue weighted by Crippen LogP contribution is -2.70. The number of thioether (sulfide) groups is 2. The number of nitrogens with two attached hydrogens (primary N) is 1. The Kier molecular flexibility index (Phi) is 7.43. The number of aliphatic carboxylic acids is 1. The molecule has 0 aromatic rings. The number of fused-ring (bicyclic) bond motifs is 1. The first-order valence-corrected chi connectivity index (χ1v) is 10.3. The molecule has 2 amide bonds. The van der Waals surface area contributed by atoms with Crippen LogP contribution in [0.3, 0.4) is 0 Å². The Morgan fingerprint density at radius 1 is 1.43 bits per heavy atom. The molecule has 0 spiro atoms. The number of rotatable bonds is 8. The molecular weight excluding hydrogens is 430 g/mol. The summed E-state index contributed by atoms with van der Waals surface area (Å²) in [6.07, 6.45) is -0.434. The van der Waals surface area contributed by atoms with Gasteiger partial charge in [-0.15, -0.1) is 11.8 Å². The van der Waals surface area contributed by atoms with E-state index >= 15 is 0 Å². The summed E-state index contributed by atoms with van der Waals surface area (Å²) in [5.74, 6) is -3.36. The van der Waals surface area contributed by atoms with Crippen molar-refractivity contribution >= 4 is 69.6 Å². The highest BCUT2D eigenvalue weighted by Gasteiger charge is 2.54. The number of carboxylic acid groups (broad SMARTS) is 1. The number of Topliss-reactive ketones (excluding diaryl/α,β-unsaturated/α-hetero) is 1. The Labute approximate surface area is 173 Å². The van der Waals surface area contributed by atoms with Crippen LogP contribution >= 0.6 is 35.7 Å². The van der Waals surface area contributed by atoms with Crippen molar-refractivity contribution in [2.75, 3.05) is 18.1 Å². The summed E-state index contributed by atoms with van der Waals surface area (Å²) in [5, 5.41) is 11.3. The molecule has 2 heterocycles. The van der Waals surface area contributed by atoms with E-state index in [1.807, 2.05) is 0 Å². The molecule has 1 unspecified atom stereocenters. The maximum absolute atomic E-state index is 12.4. The van der Waals surface area contributed by atoms with E-state index in [0.29, 0.717) is 5.57 Å². The number of nitrogens with zero attached hydrogens (tertiary/aromatic N) is 1. The zero-order valence-corrected chi connectivity index (χ0v) is 17.1. The van der Waals surface area contributed by atoms with Crippen molar-refractivity contribution in [1.29, 1.82) is 0 Å². The number of nitrogens with one attached hydrogen (secondary N) is 1. The average Bonchev–Trinajstić information content (AvgIpc) is 2.61. The second-order valence-corrected chi connectivity index (χ2v) is 8.64. The average molecular weight is 448 g/mol. The molecular formula is C15H17N3O7S3. The van der Waals surface area contributed by atoms with Gasteiger partial charge in [0.15, 0.2) is 5.78 Å². The fourth-order valence-corrected chi connectivity index (χ4v) is 4.50. The van der Waals surface area contributed by atoms with Gasteiger partial charge in [-0.05, 0) is 0 Å². The molecule has 2 rings (SSSR count). The predicted octanol–water partition coefficient (Wildman–Crippen LogP) is -0.776. The number of hydrogen-bond acceptors (Lipinski definition) is 9. The largest absolute Gasteiger partial charge is 0.477 e. The molecule has 1 saturated heterocycles. The number of esters is 1. The molecule has 4 N–H and O–H groups in total. The van der Waals surface area contributed by atoms with Gasteiger partial charge in [0.1, 0.15) is 28.0 Å². The maximum Gasteiger partial charge on any atom is 0.352 e. The second kappa shape index (κ2) is 9.39. The maximum atomic E-state index is 12.4. The van der Waals surface area contributed by atoms with Crippen LogP contribution in [0.4, 0.5) is 0 Å². The third kappa shape index (κ3) is 5.23. The lowest BCUT2D eigenvalue weighted by atomic mass is 10.0. The quantitative estimate of drug-likeness (QED) is 0.186. The standard InChI is InChI=1S/C15H17N3O7S3/c1-6(19)25-3-7-4-27-13-10(12(22)18(13)11(7)14(23)24)17-9(21)2-8(20)5-28-15(16)26/h10,13H,2-5H2,1H3,(H2,16,26)(H,17,21)(H,23,24)/t10?,13-/m0/s1. The zero-order valence-electron chi connectivity index (χ0n) is 14.6. The normalized spacial score (nSPS) is 20.8. The lowest BCUT2D eigenvalue weighted by Gasteiger charge is -2.49. The molecule has 0 bridgehead atoms. The van der Waals surface area contributed by atoms with Gasteiger partial charge in [0.25, 0.3) is 5.91 Å². The molecule has 28 heavy (non-hydrogen) atoms. The van der Waals surface area contributed by atoms with Crippen molar-refractivity contribution in [3.63, 3.8) is 0 Å². The second-order valence-electron chi connectivity index (χ2n) is 5.82. The number of carbonyl (C=O) groups is 5. The number of hydrogen-bond donors (Lipinski definition) is 3. The van der Waals surface area contributed by atoms with E-state index in [1.165, 1.54) is 18.7 Å². The minimum atomic E-state index is -1.32. The van der Waals surface area contributed by atoms with Gasteiger partial charge < -0.3 is 20.9 Å². The summed E-state index contributed by atoms with van der Waals surface area (Å²) in [5.41, 5.74) is 5.32. The summed E-state index contributed by atoms with van der Waals surface area (Å²) in [6.45, 7) is 0.966. The Morgan fingerprint density at radius 2 is 2.11 bits per heavy atom. The smallest absolute Gasteiger partial charge is 0.352 e. The van der Waals surface area contributed by atoms with Crippen molar-refractivity contribution in [2.24, 2.45) is 5.73 Å². The molecule has 2 aliphatic heterocycles. The molecule has 0 radical (unpaired) electrons. The van der Waals surface area contributed by atoms with Crippen molar-refractivity contribution in [2.45, 2.75) is 24.8 Å². The van der Waals surface area contributed by atoms with Gasteiger partial charge in [-0.2, -0.15) is 0 Å². The molecule has 152 valence electrons. The first-order valence-electron chi connectivity index (χ1n) is 7.88. The van der Waals surface area contributed by atoms with E-state index in [0.717, 1.165) is 16.7 Å². The van der Waals surface area contributed by atoms with Gasteiger partial charge in [-0.25, -0.2) is 4.79 Å². The number of thiocarbonyl (C=S) groups is 1. The highest BCUT2D eigenvalue weighted by atomic mass is 32.2.